The van der Waals surface area contributed by atoms with Crippen LogP contribution in [0.15, 0.2) is 88.5 Å². The van der Waals surface area contributed by atoms with E-state index < -0.39 is 0 Å². The second-order valence-electron chi connectivity index (χ2n) is 6.79. The monoisotopic (exact) mass is 447 g/mol. The molecule has 5 rings (SSSR count). The zero-order valence-corrected chi connectivity index (χ0v) is 17.3. The molecule has 0 saturated carbocycles. The van der Waals surface area contributed by atoms with Crippen LogP contribution in [0.4, 0.5) is 8.78 Å². The summed E-state index contributed by atoms with van der Waals surface area (Å²) in [4.78, 5) is 4.44. The van der Waals surface area contributed by atoms with Crippen LogP contribution in [0.3, 0.4) is 0 Å². The molecule has 3 aromatic carbocycles. The second-order valence-corrected chi connectivity index (χ2v) is 7.73. The van der Waals surface area contributed by atoms with E-state index in [9.17, 15) is 8.78 Å². The molecule has 5 aromatic rings. The lowest BCUT2D eigenvalue weighted by molar-refractivity contribution is 0.391. The number of rotatable bonds is 6. The smallest absolute Gasteiger partial charge is 0.237 e. The van der Waals surface area contributed by atoms with Gasteiger partial charge in [0.15, 0.2) is 11.0 Å². The van der Waals surface area contributed by atoms with Crippen molar-refractivity contribution in [3.8, 4) is 28.5 Å². The second kappa shape index (κ2) is 8.72. The lowest BCUT2D eigenvalue weighted by Crippen LogP contribution is -2.00. The minimum absolute atomic E-state index is 0.346. The van der Waals surface area contributed by atoms with E-state index in [4.69, 9.17) is 4.52 Å². The first-order valence-corrected chi connectivity index (χ1v) is 10.6. The molecule has 0 spiro atoms. The van der Waals surface area contributed by atoms with Gasteiger partial charge in [0.05, 0.1) is 5.75 Å². The number of thioether (sulfide) groups is 1. The molecule has 9 heteroatoms. The van der Waals surface area contributed by atoms with E-state index in [1.165, 1.54) is 36.0 Å². The Bertz CT molecular complexity index is 1340. The van der Waals surface area contributed by atoms with Crippen LogP contribution in [-0.2, 0) is 5.75 Å². The SMILES string of the molecule is Fc1ccc(-c2nnc(SCc3nc(-c4ccccc4)no3)n2-c2ccc(F)cc2)cc1. The molecule has 0 aliphatic rings. The zero-order valence-electron chi connectivity index (χ0n) is 16.5. The molecule has 158 valence electrons. The van der Waals surface area contributed by atoms with Crippen LogP contribution in [0.5, 0.6) is 0 Å². The Kier molecular flexibility index (Phi) is 5.47. The topological polar surface area (TPSA) is 69.6 Å². The van der Waals surface area contributed by atoms with Crippen molar-refractivity contribution in [1.29, 1.82) is 0 Å². The van der Waals surface area contributed by atoms with Gasteiger partial charge in [0.25, 0.3) is 0 Å². The number of benzene rings is 3. The summed E-state index contributed by atoms with van der Waals surface area (Å²) in [6, 6.07) is 21.5. The Labute approximate surface area is 185 Å². The molecule has 0 bridgehead atoms. The molecule has 2 heterocycles. The van der Waals surface area contributed by atoms with Gasteiger partial charge in [-0.1, -0.05) is 47.3 Å². The van der Waals surface area contributed by atoms with E-state index in [1.807, 2.05) is 30.3 Å². The average molecular weight is 447 g/mol. The van der Waals surface area contributed by atoms with Gasteiger partial charge in [-0.15, -0.1) is 10.2 Å². The molecule has 0 aliphatic carbocycles. The van der Waals surface area contributed by atoms with E-state index in [1.54, 1.807) is 28.8 Å². The molecule has 2 aromatic heterocycles. The third kappa shape index (κ3) is 4.15. The first-order chi connectivity index (χ1) is 15.7. The van der Waals surface area contributed by atoms with Crippen LogP contribution in [-0.4, -0.2) is 24.9 Å². The van der Waals surface area contributed by atoms with Crippen LogP contribution in [0.1, 0.15) is 5.89 Å². The Balaban J connectivity index is 1.45. The maximum Gasteiger partial charge on any atom is 0.237 e. The van der Waals surface area contributed by atoms with Gasteiger partial charge in [-0.2, -0.15) is 4.98 Å². The molecule has 0 N–H and O–H groups in total. The largest absolute Gasteiger partial charge is 0.338 e. The lowest BCUT2D eigenvalue weighted by atomic mass is 10.2. The predicted molar refractivity (Wildman–Crippen MR) is 116 cm³/mol. The quantitative estimate of drug-likeness (QED) is 0.318. The summed E-state index contributed by atoms with van der Waals surface area (Å²) in [6.45, 7) is 0. The number of nitrogens with zero attached hydrogens (tertiary/aromatic N) is 5. The van der Waals surface area contributed by atoms with E-state index in [0.29, 0.717) is 39.7 Å². The molecule has 0 aliphatic heterocycles. The minimum Gasteiger partial charge on any atom is -0.338 e. The van der Waals surface area contributed by atoms with Gasteiger partial charge in [-0.05, 0) is 48.5 Å². The van der Waals surface area contributed by atoms with Crippen molar-refractivity contribution in [2.75, 3.05) is 0 Å². The molecule has 0 fully saturated rings. The van der Waals surface area contributed by atoms with E-state index in [-0.39, 0.29) is 11.6 Å². The Hall–Kier alpha value is -3.85. The third-order valence-corrected chi connectivity index (χ3v) is 5.56. The van der Waals surface area contributed by atoms with Gasteiger partial charge >= 0.3 is 0 Å². The number of hydrogen-bond acceptors (Lipinski definition) is 6. The van der Waals surface area contributed by atoms with Crippen molar-refractivity contribution in [1.82, 2.24) is 24.9 Å². The fourth-order valence-corrected chi connectivity index (χ4v) is 3.91. The highest BCUT2D eigenvalue weighted by molar-refractivity contribution is 7.98. The lowest BCUT2D eigenvalue weighted by Gasteiger charge is -2.10. The van der Waals surface area contributed by atoms with Crippen LogP contribution in [0.25, 0.3) is 28.5 Å². The standard InChI is InChI=1S/C23H15F2N5OS/c24-17-8-6-16(7-9-17)22-27-28-23(30(22)19-12-10-18(25)11-13-19)32-14-20-26-21(29-31-20)15-4-2-1-3-5-15/h1-13H,14H2. The van der Waals surface area contributed by atoms with Crippen LogP contribution in [0, 0.1) is 11.6 Å². The van der Waals surface area contributed by atoms with Crippen LogP contribution >= 0.6 is 11.8 Å². The number of aromatic nitrogens is 5. The van der Waals surface area contributed by atoms with Crippen molar-refractivity contribution in [2.45, 2.75) is 10.9 Å². The predicted octanol–water partition coefficient (Wildman–Crippen LogP) is 5.55. The van der Waals surface area contributed by atoms with Crippen molar-refractivity contribution in [2.24, 2.45) is 0 Å². The third-order valence-electron chi connectivity index (χ3n) is 4.65. The molecular formula is C23H15F2N5OS. The molecule has 0 saturated heterocycles. The van der Waals surface area contributed by atoms with Gasteiger partial charge in [0.2, 0.25) is 11.7 Å². The van der Waals surface area contributed by atoms with Gasteiger partial charge in [-0.25, -0.2) is 8.78 Å². The maximum absolute atomic E-state index is 13.5. The molecule has 32 heavy (non-hydrogen) atoms. The summed E-state index contributed by atoms with van der Waals surface area (Å²) >= 11 is 1.35. The van der Waals surface area contributed by atoms with Gasteiger partial charge in [0, 0.05) is 16.8 Å². The first-order valence-electron chi connectivity index (χ1n) is 9.65. The first kappa shape index (κ1) is 20.1. The number of halogens is 2. The highest BCUT2D eigenvalue weighted by Gasteiger charge is 2.18. The van der Waals surface area contributed by atoms with Crippen molar-refractivity contribution >= 4 is 11.8 Å². The summed E-state index contributed by atoms with van der Waals surface area (Å²) in [5, 5.41) is 13.2. The fraction of sp³-hybridized carbons (Fsp3) is 0.0435. The highest BCUT2D eigenvalue weighted by atomic mass is 32.2. The Morgan fingerprint density at radius 1 is 0.781 bits per heavy atom. The summed E-state index contributed by atoms with van der Waals surface area (Å²) in [5.41, 5.74) is 2.22. The average Bonchev–Trinajstić information content (AvgIpc) is 3.47. The van der Waals surface area contributed by atoms with E-state index in [2.05, 4.69) is 20.3 Å². The molecular weight excluding hydrogens is 432 g/mol. The Morgan fingerprint density at radius 2 is 1.47 bits per heavy atom. The van der Waals surface area contributed by atoms with Gasteiger partial charge < -0.3 is 4.52 Å². The fourth-order valence-electron chi connectivity index (χ4n) is 3.12. The van der Waals surface area contributed by atoms with Crippen molar-refractivity contribution < 1.29 is 13.3 Å². The number of hydrogen-bond donors (Lipinski definition) is 0. The normalized spacial score (nSPS) is 11.1. The summed E-state index contributed by atoms with van der Waals surface area (Å²) in [6.07, 6.45) is 0. The van der Waals surface area contributed by atoms with E-state index in [0.717, 1.165) is 5.56 Å². The summed E-state index contributed by atoms with van der Waals surface area (Å²) in [7, 11) is 0. The molecule has 6 nitrogen and oxygen atoms in total. The molecule has 0 unspecified atom stereocenters. The van der Waals surface area contributed by atoms with Crippen molar-refractivity contribution in [3.05, 3.63) is 96.4 Å². The Morgan fingerprint density at radius 3 is 2.19 bits per heavy atom. The molecule has 0 atom stereocenters. The van der Waals surface area contributed by atoms with Gasteiger partial charge in [-0.3, -0.25) is 4.57 Å². The summed E-state index contributed by atoms with van der Waals surface area (Å²) in [5.74, 6) is 1.12. The van der Waals surface area contributed by atoms with Crippen LogP contribution < -0.4 is 0 Å². The highest BCUT2D eigenvalue weighted by Crippen LogP contribution is 2.30. The molecule has 0 amide bonds. The minimum atomic E-state index is -0.348. The molecule has 0 radical (unpaired) electrons. The van der Waals surface area contributed by atoms with Gasteiger partial charge in [0.1, 0.15) is 11.6 Å². The van der Waals surface area contributed by atoms with Crippen LogP contribution in [0.2, 0.25) is 0 Å². The summed E-state index contributed by atoms with van der Waals surface area (Å²) < 4.78 is 34.0. The maximum atomic E-state index is 13.5. The zero-order chi connectivity index (χ0) is 21.9. The van der Waals surface area contributed by atoms with E-state index >= 15 is 0 Å². The van der Waals surface area contributed by atoms with Crippen molar-refractivity contribution in [3.63, 3.8) is 0 Å².